The van der Waals surface area contributed by atoms with Crippen molar-refractivity contribution in [2.24, 2.45) is 0 Å². The molecule has 1 heterocycles. The maximum absolute atomic E-state index is 12.9. The van der Waals surface area contributed by atoms with E-state index in [9.17, 15) is 14.0 Å². The molecule has 7 heteroatoms. The molecule has 1 aliphatic heterocycles. The minimum absolute atomic E-state index is 0.0747. The van der Waals surface area contributed by atoms with Crippen molar-refractivity contribution in [3.05, 3.63) is 35.6 Å². The third kappa shape index (κ3) is 4.51. The van der Waals surface area contributed by atoms with Gasteiger partial charge in [-0.05, 0) is 17.7 Å². The normalized spacial score (nSPS) is 18.2. The number of halogens is 1. The Hall–Kier alpha value is -1.99. The number of carboxylic acid groups (broad SMARTS) is 1. The van der Waals surface area contributed by atoms with Gasteiger partial charge in [-0.3, -0.25) is 9.59 Å². The van der Waals surface area contributed by atoms with E-state index in [-0.39, 0.29) is 19.0 Å². The van der Waals surface area contributed by atoms with Gasteiger partial charge in [0.05, 0.1) is 19.8 Å². The average Bonchev–Trinajstić information content (AvgIpc) is 2.48. The minimum Gasteiger partial charge on any atom is -0.480 e. The fraction of sp³-hybridized carbons (Fsp3) is 0.429. The van der Waals surface area contributed by atoms with Crippen LogP contribution in [0.1, 0.15) is 5.56 Å². The van der Waals surface area contributed by atoms with Gasteiger partial charge in [-0.15, -0.1) is 0 Å². The van der Waals surface area contributed by atoms with Crippen molar-refractivity contribution in [1.82, 2.24) is 4.90 Å². The fourth-order valence-electron chi connectivity index (χ4n) is 2.02. The summed E-state index contributed by atoms with van der Waals surface area (Å²) < 4.78 is 23.3. The van der Waals surface area contributed by atoms with Crippen molar-refractivity contribution >= 4 is 11.9 Å². The second kappa shape index (κ2) is 7.14. The molecule has 0 aromatic heterocycles. The molecule has 0 saturated carbocycles. The van der Waals surface area contributed by atoms with Gasteiger partial charge in [-0.1, -0.05) is 12.1 Å². The first-order valence-electron chi connectivity index (χ1n) is 6.50. The van der Waals surface area contributed by atoms with Crippen molar-refractivity contribution in [1.29, 1.82) is 0 Å². The van der Waals surface area contributed by atoms with E-state index in [2.05, 4.69) is 0 Å². The molecule has 114 valence electrons. The van der Waals surface area contributed by atoms with Crippen molar-refractivity contribution in [2.45, 2.75) is 12.6 Å². The highest BCUT2D eigenvalue weighted by molar-refractivity contribution is 5.84. The molecule has 1 fully saturated rings. The third-order valence-corrected chi connectivity index (χ3v) is 3.02. The minimum atomic E-state index is -1.12. The van der Waals surface area contributed by atoms with Crippen LogP contribution in [0.4, 0.5) is 4.39 Å². The summed E-state index contributed by atoms with van der Waals surface area (Å²) in [6.45, 7) is 0.453. The highest BCUT2D eigenvalue weighted by Gasteiger charge is 2.28. The first kappa shape index (κ1) is 15.4. The van der Waals surface area contributed by atoms with Gasteiger partial charge in [0, 0.05) is 6.54 Å². The Morgan fingerprint density at radius 2 is 2.00 bits per heavy atom. The Labute approximate surface area is 121 Å². The van der Waals surface area contributed by atoms with Gasteiger partial charge in [0.15, 0.2) is 6.10 Å². The lowest BCUT2D eigenvalue weighted by atomic mass is 10.2. The van der Waals surface area contributed by atoms with Gasteiger partial charge in [0.2, 0.25) is 0 Å². The largest absolute Gasteiger partial charge is 0.480 e. The zero-order chi connectivity index (χ0) is 15.2. The molecule has 1 aromatic carbocycles. The van der Waals surface area contributed by atoms with Gasteiger partial charge in [0.1, 0.15) is 12.4 Å². The zero-order valence-corrected chi connectivity index (χ0v) is 11.3. The number of carboxylic acids is 1. The van der Waals surface area contributed by atoms with Gasteiger partial charge in [-0.25, -0.2) is 4.39 Å². The molecule has 1 aromatic rings. The van der Waals surface area contributed by atoms with Crippen molar-refractivity contribution in [2.75, 3.05) is 26.4 Å². The number of nitrogens with zero attached hydrogens (tertiary/aromatic N) is 1. The Bertz CT molecular complexity index is 499. The molecule has 1 atom stereocenters. The molecule has 6 nitrogen and oxygen atoms in total. The molecular formula is C14H16FNO5. The van der Waals surface area contributed by atoms with E-state index in [0.717, 1.165) is 4.90 Å². The summed E-state index contributed by atoms with van der Waals surface area (Å²) in [5.41, 5.74) is 0.641. The predicted molar refractivity (Wildman–Crippen MR) is 70.0 cm³/mol. The molecule has 0 radical (unpaired) electrons. The predicted octanol–water partition coefficient (Wildman–Crippen LogP) is 0.654. The SMILES string of the molecule is O=C(O)CN(Cc1ccc(F)cc1)C(=O)[C@H]1COCCO1. The van der Waals surface area contributed by atoms with Gasteiger partial charge in [-0.2, -0.15) is 0 Å². The van der Waals surface area contributed by atoms with Crippen LogP contribution in [-0.4, -0.2) is 54.4 Å². The molecule has 21 heavy (non-hydrogen) atoms. The number of carbonyl (C=O) groups is 2. The van der Waals surface area contributed by atoms with Crippen LogP contribution in [0.2, 0.25) is 0 Å². The van der Waals surface area contributed by atoms with Crippen molar-refractivity contribution < 1.29 is 28.6 Å². The standard InChI is InChI=1S/C14H16FNO5/c15-11-3-1-10(2-4-11)7-16(8-13(17)18)14(19)12-9-20-5-6-21-12/h1-4,12H,5-9H2,(H,17,18)/t12-/m1/s1. The number of hydrogen-bond donors (Lipinski definition) is 1. The molecule has 2 rings (SSSR count). The number of aliphatic carboxylic acids is 1. The summed E-state index contributed by atoms with van der Waals surface area (Å²) in [4.78, 5) is 24.4. The van der Waals surface area contributed by atoms with E-state index in [1.165, 1.54) is 24.3 Å². The number of rotatable bonds is 5. The monoisotopic (exact) mass is 297 g/mol. The molecule has 0 unspecified atom stereocenters. The van der Waals surface area contributed by atoms with Crippen molar-refractivity contribution in [3.8, 4) is 0 Å². The van der Waals surface area contributed by atoms with E-state index in [4.69, 9.17) is 14.6 Å². The van der Waals surface area contributed by atoms with E-state index in [0.29, 0.717) is 18.8 Å². The van der Waals surface area contributed by atoms with E-state index in [1.807, 2.05) is 0 Å². The molecule has 0 aliphatic carbocycles. The van der Waals surface area contributed by atoms with Gasteiger partial charge >= 0.3 is 5.97 Å². The van der Waals surface area contributed by atoms with Crippen molar-refractivity contribution in [3.63, 3.8) is 0 Å². The third-order valence-electron chi connectivity index (χ3n) is 3.02. The van der Waals surface area contributed by atoms with Crippen LogP contribution in [0, 0.1) is 5.82 Å². The van der Waals surface area contributed by atoms with Crippen LogP contribution >= 0.6 is 0 Å². The van der Waals surface area contributed by atoms with Crippen LogP contribution in [0.5, 0.6) is 0 Å². The maximum atomic E-state index is 12.9. The summed E-state index contributed by atoms with van der Waals surface area (Å²) in [6.07, 6.45) is -0.793. The first-order valence-corrected chi connectivity index (χ1v) is 6.50. The Morgan fingerprint density at radius 1 is 1.29 bits per heavy atom. The summed E-state index contributed by atoms with van der Waals surface area (Å²) in [7, 11) is 0. The molecule has 0 spiro atoms. The number of ether oxygens (including phenoxy) is 2. The fourth-order valence-corrected chi connectivity index (χ4v) is 2.02. The second-order valence-corrected chi connectivity index (χ2v) is 4.65. The van der Waals surface area contributed by atoms with Crippen LogP contribution < -0.4 is 0 Å². The topological polar surface area (TPSA) is 76.1 Å². The van der Waals surface area contributed by atoms with Gasteiger partial charge < -0.3 is 19.5 Å². The molecule has 0 bridgehead atoms. The number of benzene rings is 1. The number of amides is 1. The van der Waals surface area contributed by atoms with Crippen LogP contribution in [0.25, 0.3) is 0 Å². The smallest absolute Gasteiger partial charge is 0.323 e. The van der Waals surface area contributed by atoms with Crippen LogP contribution in [-0.2, 0) is 25.6 Å². The summed E-state index contributed by atoms with van der Waals surface area (Å²) >= 11 is 0. The highest BCUT2D eigenvalue weighted by atomic mass is 19.1. The van der Waals surface area contributed by atoms with E-state index < -0.39 is 24.5 Å². The lowest BCUT2D eigenvalue weighted by Crippen LogP contribution is -2.46. The lowest BCUT2D eigenvalue weighted by Gasteiger charge is -2.28. The first-order chi connectivity index (χ1) is 10.1. The molecule has 1 N–H and O–H groups in total. The maximum Gasteiger partial charge on any atom is 0.323 e. The van der Waals surface area contributed by atoms with E-state index in [1.54, 1.807) is 0 Å². The average molecular weight is 297 g/mol. The summed E-state index contributed by atoms with van der Waals surface area (Å²) in [6, 6.07) is 5.54. The van der Waals surface area contributed by atoms with E-state index >= 15 is 0 Å². The quantitative estimate of drug-likeness (QED) is 0.864. The zero-order valence-electron chi connectivity index (χ0n) is 11.3. The van der Waals surface area contributed by atoms with Gasteiger partial charge in [0.25, 0.3) is 5.91 Å². The lowest BCUT2D eigenvalue weighted by molar-refractivity contribution is -0.162. The molecule has 1 aliphatic rings. The van der Waals surface area contributed by atoms with Crippen LogP contribution in [0.15, 0.2) is 24.3 Å². The number of carbonyl (C=O) groups excluding carboxylic acids is 1. The van der Waals surface area contributed by atoms with Crippen LogP contribution in [0.3, 0.4) is 0 Å². The number of hydrogen-bond acceptors (Lipinski definition) is 4. The second-order valence-electron chi connectivity index (χ2n) is 4.65. The molecule has 1 saturated heterocycles. The summed E-state index contributed by atoms with van der Waals surface area (Å²) in [5, 5.41) is 8.93. The Morgan fingerprint density at radius 3 is 2.57 bits per heavy atom. The highest BCUT2D eigenvalue weighted by Crippen LogP contribution is 2.11. The summed E-state index contributed by atoms with van der Waals surface area (Å²) in [5.74, 6) is -1.96. The Kier molecular flexibility index (Phi) is 5.24. The molecular weight excluding hydrogens is 281 g/mol. The Balaban J connectivity index is 2.07. The molecule has 1 amide bonds.